The van der Waals surface area contributed by atoms with E-state index in [9.17, 15) is 9.59 Å². The van der Waals surface area contributed by atoms with E-state index in [1.54, 1.807) is 0 Å². The Bertz CT molecular complexity index is 576. The summed E-state index contributed by atoms with van der Waals surface area (Å²) in [4.78, 5) is 28.1. The van der Waals surface area contributed by atoms with Gasteiger partial charge in [-0.05, 0) is 31.2 Å². The quantitative estimate of drug-likeness (QED) is 0.795. The lowest BCUT2D eigenvalue weighted by molar-refractivity contribution is -0.140. The van der Waals surface area contributed by atoms with Gasteiger partial charge in [0.05, 0.1) is 12.7 Å². The van der Waals surface area contributed by atoms with Gasteiger partial charge in [-0.15, -0.1) is 0 Å². The molecular formula is C20H28N2O3. The molecule has 1 atom stereocenters. The molecule has 2 heterocycles. The first kappa shape index (κ1) is 17.9. The van der Waals surface area contributed by atoms with E-state index >= 15 is 0 Å². The molecule has 0 bridgehead atoms. The van der Waals surface area contributed by atoms with Gasteiger partial charge in [-0.1, -0.05) is 30.3 Å². The van der Waals surface area contributed by atoms with Crippen LogP contribution in [0.4, 0.5) is 0 Å². The molecule has 1 unspecified atom stereocenters. The van der Waals surface area contributed by atoms with Crippen LogP contribution in [0.25, 0.3) is 0 Å². The summed E-state index contributed by atoms with van der Waals surface area (Å²) in [6.07, 6.45) is 5.10. The van der Waals surface area contributed by atoms with E-state index in [0.717, 1.165) is 32.2 Å². The minimum absolute atomic E-state index is 0.106. The van der Waals surface area contributed by atoms with Crippen molar-refractivity contribution in [1.29, 1.82) is 0 Å². The van der Waals surface area contributed by atoms with E-state index in [1.807, 2.05) is 15.9 Å². The van der Waals surface area contributed by atoms with Crippen molar-refractivity contribution < 1.29 is 14.3 Å². The number of rotatable bonds is 6. The maximum Gasteiger partial charge on any atom is 0.224 e. The molecule has 2 aliphatic heterocycles. The number of amides is 2. The molecule has 0 saturated carbocycles. The van der Waals surface area contributed by atoms with Crippen molar-refractivity contribution in [3.8, 4) is 0 Å². The lowest BCUT2D eigenvalue weighted by Gasteiger charge is -2.34. The number of hydrogen-bond acceptors (Lipinski definition) is 3. The maximum atomic E-state index is 12.5. The van der Waals surface area contributed by atoms with E-state index in [2.05, 4.69) is 24.3 Å². The van der Waals surface area contributed by atoms with Crippen molar-refractivity contribution in [2.75, 3.05) is 32.8 Å². The SMILES string of the molecule is O=C1CCCCN1CCC(=O)N1CCOC(CCc2ccccc2)C1. The largest absolute Gasteiger partial charge is 0.375 e. The number of likely N-dealkylation sites (tertiary alicyclic amines) is 1. The first-order valence-electron chi connectivity index (χ1n) is 9.43. The lowest BCUT2D eigenvalue weighted by atomic mass is 10.1. The smallest absolute Gasteiger partial charge is 0.224 e. The van der Waals surface area contributed by atoms with Crippen LogP contribution in [0.5, 0.6) is 0 Å². The first-order chi connectivity index (χ1) is 12.2. The molecule has 0 spiro atoms. The molecular weight excluding hydrogens is 316 g/mol. The zero-order chi connectivity index (χ0) is 17.5. The molecule has 0 N–H and O–H groups in total. The number of carbonyl (C=O) groups is 2. The van der Waals surface area contributed by atoms with Crippen molar-refractivity contribution >= 4 is 11.8 Å². The molecule has 3 rings (SSSR count). The van der Waals surface area contributed by atoms with Crippen LogP contribution in [0, 0.1) is 0 Å². The van der Waals surface area contributed by atoms with Gasteiger partial charge in [-0.25, -0.2) is 0 Å². The summed E-state index contributed by atoms with van der Waals surface area (Å²) in [5.74, 6) is 0.341. The second-order valence-corrected chi connectivity index (χ2v) is 6.94. The van der Waals surface area contributed by atoms with Gasteiger partial charge in [-0.2, -0.15) is 0 Å². The topological polar surface area (TPSA) is 49.9 Å². The first-order valence-corrected chi connectivity index (χ1v) is 9.43. The molecule has 1 aromatic carbocycles. The summed E-state index contributed by atoms with van der Waals surface area (Å²) in [5.41, 5.74) is 1.30. The molecule has 0 aromatic heterocycles. The summed E-state index contributed by atoms with van der Waals surface area (Å²) in [6.45, 7) is 3.29. The minimum atomic E-state index is 0.106. The fourth-order valence-corrected chi connectivity index (χ4v) is 3.58. The Morgan fingerprint density at radius 3 is 2.80 bits per heavy atom. The third-order valence-electron chi connectivity index (χ3n) is 5.11. The molecule has 5 nitrogen and oxygen atoms in total. The summed E-state index contributed by atoms with van der Waals surface area (Å²) in [7, 11) is 0. The Kier molecular flexibility index (Phi) is 6.45. The number of hydrogen-bond donors (Lipinski definition) is 0. The van der Waals surface area contributed by atoms with Gasteiger partial charge in [0.1, 0.15) is 0 Å². The van der Waals surface area contributed by atoms with Crippen LogP contribution in [0.1, 0.15) is 37.7 Å². The third-order valence-corrected chi connectivity index (χ3v) is 5.11. The van der Waals surface area contributed by atoms with Gasteiger partial charge in [-0.3, -0.25) is 9.59 Å². The number of benzene rings is 1. The van der Waals surface area contributed by atoms with E-state index in [-0.39, 0.29) is 17.9 Å². The second-order valence-electron chi connectivity index (χ2n) is 6.94. The average molecular weight is 344 g/mol. The molecule has 2 amide bonds. The number of aryl methyl sites for hydroxylation is 1. The van der Waals surface area contributed by atoms with Gasteiger partial charge in [0.2, 0.25) is 11.8 Å². The Hall–Kier alpha value is -1.88. The monoisotopic (exact) mass is 344 g/mol. The second kappa shape index (κ2) is 8.99. The van der Waals surface area contributed by atoms with Gasteiger partial charge < -0.3 is 14.5 Å². The molecule has 136 valence electrons. The van der Waals surface area contributed by atoms with E-state index in [0.29, 0.717) is 39.1 Å². The fourth-order valence-electron chi connectivity index (χ4n) is 3.58. The highest BCUT2D eigenvalue weighted by molar-refractivity contribution is 5.79. The Balaban J connectivity index is 1.42. The number of nitrogens with zero attached hydrogens (tertiary/aromatic N) is 2. The standard InChI is InChI=1S/C20H28N2O3/c23-19-8-4-5-12-21(19)13-11-20(24)22-14-15-25-18(16-22)10-9-17-6-2-1-3-7-17/h1-3,6-7,18H,4-5,8-16H2. The van der Waals surface area contributed by atoms with Crippen LogP contribution < -0.4 is 0 Å². The molecule has 1 aromatic rings. The summed E-state index contributed by atoms with van der Waals surface area (Å²) in [5, 5.41) is 0. The Morgan fingerprint density at radius 1 is 1.16 bits per heavy atom. The molecule has 2 fully saturated rings. The average Bonchev–Trinajstić information content (AvgIpc) is 2.66. The Labute approximate surface area is 149 Å². The molecule has 2 saturated heterocycles. The highest BCUT2D eigenvalue weighted by Crippen LogP contribution is 2.15. The predicted molar refractivity (Wildman–Crippen MR) is 96.1 cm³/mol. The normalized spacial score (nSPS) is 21.4. The highest BCUT2D eigenvalue weighted by atomic mass is 16.5. The molecule has 5 heteroatoms. The number of morpholine rings is 1. The maximum absolute atomic E-state index is 12.5. The molecule has 0 aliphatic carbocycles. The van der Waals surface area contributed by atoms with E-state index in [4.69, 9.17) is 4.74 Å². The van der Waals surface area contributed by atoms with Crippen molar-refractivity contribution in [2.45, 2.75) is 44.6 Å². The molecule has 25 heavy (non-hydrogen) atoms. The zero-order valence-electron chi connectivity index (χ0n) is 14.9. The minimum Gasteiger partial charge on any atom is -0.375 e. The number of carbonyl (C=O) groups excluding carboxylic acids is 2. The molecule has 0 radical (unpaired) electrons. The lowest BCUT2D eigenvalue weighted by Crippen LogP contribution is -2.47. The summed E-state index contributed by atoms with van der Waals surface area (Å²) >= 11 is 0. The van der Waals surface area contributed by atoms with Gasteiger partial charge >= 0.3 is 0 Å². The van der Waals surface area contributed by atoms with Crippen LogP contribution in [-0.4, -0.2) is 60.5 Å². The van der Waals surface area contributed by atoms with Crippen molar-refractivity contribution in [3.05, 3.63) is 35.9 Å². The Morgan fingerprint density at radius 2 is 2.00 bits per heavy atom. The highest BCUT2D eigenvalue weighted by Gasteiger charge is 2.25. The van der Waals surface area contributed by atoms with E-state index < -0.39 is 0 Å². The predicted octanol–water partition coefficient (Wildman–Crippen LogP) is 2.25. The van der Waals surface area contributed by atoms with Crippen LogP contribution in [0.15, 0.2) is 30.3 Å². The van der Waals surface area contributed by atoms with Crippen LogP contribution in [0.3, 0.4) is 0 Å². The van der Waals surface area contributed by atoms with Crippen molar-refractivity contribution in [1.82, 2.24) is 9.80 Å². The van der Waals surface area contributed by atoms with Gasteiger partial charge in [0, 0.05) is 39.0 Å². The molecule has 2 aliphatic rings. The fraction of sp³-hybridized carbons (Fsp3) is 0.600. The van der Waals surface area contributed by atoms with Crippen molar-refractivity contribution in [2.24, 2.45) is 0 Å². The van der Waals surface area contributed by atoms with Crippen molar-refractivity contribution in [3.63, 3.8) is 0 Å². The third kappa shape index (κ3) is 5.30. The van der Waals surface area contributed by atoms with E-state index in [1.165, 1.54) is 5.56 Å². The summed E-state index contributed by atoms with van der Waals surface area (Å²) in [6, 6.07) is 10.4. The summed E-state index contributed by atoms with van der Waals surface area (Å²) < 4.78 is 5.83. The van der Waals surface area contributed by atoms with Gasteiger partial charge in [0.25, 0.3) is 0 Å². The zero-order valence-corrected chi connectivity index (χ0v) is 14.9. The van der Waals surface area contributed by atoms with Gasteiger partial charge in [0.15, 0.2) is 0 Å². The van der Waals surface area contributed by atoms with Crippen LogP contribution in [-0.2, 0) is 20.7 Å². The van der Waals surface area contributed by atoms with Crippen LogP contribution >= 0.6 is 0 Å². The number of ether oxygens (including phenoxy) is 1. The number of piperidine rings is 1. The van der Waals surface area contributed by atoms with Crippen LogP contribution in [0.2, 0.25) is 0 Å².